The summed E-state index contributed by atoms with van der Waals surface area (Å²) < 4.78 is 4.98. The minimum atomic E-state index is -0.263. The largest absolute Gasteiger partial charge is 0.497 e. The van der Waals surface area contributed by atoms with Crippen molar-refractivity contribution < 1.29 is 14.3 Å². The van der Waals surface area contributed by atoms with Crippen molar-refractivity contribution in [1.82, 2.24) is 0 Å². The van der Waals surface area contributed by atoms with Crippen LogP contribution < -0.4 is 4.74 Å². The topological polar surface area (TPSA) is 43.4 Å². The first-order valence-corrected chi connectivity index (χ1v) is 4.31. The first kappa shape index (κ1) is 10.4. The molecular weight excluding hydrogens is 180 g/mol. The van der Waals surface area contributed by atoms with Crippen LogP contribution in [0.5, 0.6) is 5.75 Å². The molecule has 3 heteroatoms. The van der Waals surface area contributed by atoms with Gasteiger partial charge in [-0.3, -0.25) is 4.79 Å². The van der Waals surface area contributed by atoms with Crippen molar-refractivity contribution in [2.75, 3.05) is 7.11 Å². The first-order valence-electron chi connectivity index (χ1n) is 4.31. The maximum absolute atomic E-state index is 10.7. The highest BCUT2D eigenvalue weighted by Gasteiger charge is 2.09. The van der Waals surface area contributed by atoms with E-state index in [-0.39, 0.29) is 5.92 Å². The Morgan fingerprint density at radius 1 is 1.36 bits per heavy atom. The van der Waals surface area contributed by atoms with Crippen LogP contribution in [0.15, 0.2) is 18.2 Å². The molecule has 1 atom stereocenters. The summed E-state index contributed by atoms with van der Waals surface area (Å²) in [5.74, 6) is 0.357. The van der Waals surface area contributed by atoms with Crippen molar-refractivity contribution in [2.45, 2.75) is 12.8 Å². The molecule has 0 saturated heterocycles. The normalized spacial score (nSPS) is 11.9. The van der Waals surface area contributed by atoms with E-state index in [2.05, 4.69) is 0 Å². The van der Waals surface area contributed by atoms with E-state index >= 15 is 0 Å². The summed E-state index contributed by atoms with van der Waals surface area (Å²) in [7, 11) is 1.53. The van der Waals surface area contributed by atoms with Gasteiger partial charge in [-0.25, -0.2) is 0 Å². The predicted molar refractivity (Wildman–Crippen MR) is 52.9 cm³/mol. The molecule has 1 aromatic carbocycles. The highest BCUT2D eigenvalue weighted by atomic mass is 16.5. The van der Waals surface area contributed by atoms with Gasteiger partial charge in [-0.1, -0.05) is 13.0 Å². The Balaban J connectivity index is 3.17. The third-order valence-electron chi connectivity index (χ3n) is 2.12. The van der Waals surface area contributed by atoms with Crippen LogP contribution in [0.1, 0.15) is 28.8 Å². The molecule has 0 heterocycles. The number of methoxy groups -OCH3 is 1. The van der Waals surface area contributed by atoms with Gasteiger partial charge in [-0.15, -0.1) is 0 Å². The van der Waals surface area contributed by atoms with Crippen molar-refractivity contribution in [1.29, 1.82) is 0 Å². The van der Waals surface area contributed by atoms with Gasteiger partial charge in [0.1, 0.15) is 18.3 Å². The lowest BCUT2D eigenvalue weighted by Gasteiger charge is -2.08. The van der Waals surface area contributed by atoms with Crippen LogP contribution in [0, 0.1) is 0 Å². The molecule has 3 nitrogen and oxygen atoms in total. The van der Waals surface area contributed by atoms with E-state index in [1.807, 2.05) is 0 Å². The van der Waals surface area contributed by atoms with Crippen LogP contribution in [0.2, 0.25) is 0 Å². The molecule has 1 aromatic rings. The van der Waals surface area contributed by atoms with Crippen LogP contribution in [-0.4, -0.2) is 19.7 Å². The standard InChI is InChI=1S/C11H12O3/c1-8(6-12)11-4-3-10(14-2)5-9(11)7-13/h3-8H,1-2H3. The molecule has 14 heavy (non-hydrogen) atoms. The average molecular weight is 192 g/mol. The molecule has 0 aromatic heterocycles. The molecule has 0 fully saturated rings. The Morgan fingerprint density at radius 3 is 2.57 bits per heavy atom. The van der Waals surface area contributed by atoms with Gasteiger partial charge >= 0.3 is 0 Å². The smallest absolute Gasteiger partial charge is 0.150 e. The molecule has 0 aliphatic carbocycles. The summed E-state index contributed by atoms with van der Waals surface area (Å²) in [5, 5.41) is 0. The van der Waals surface area contributed by atoms with Gasteiger partial charge in [0, 0.05) is 11.5 Å². The van der Waals surface area contributed by atoms with Crippen molar-refractivity contribution in [2.24, 2.45) is 0 Å². The number of rotatable bonds is 4. The fraction of sp³-hybridized carbons (Fsp3) is 0.273. The molecule has 0 saturated carbocycles. The molecule has 0 N–H and O–H groups in total. The number of carbonyl (C=O) groups excluding carboxylic acids is 2. The van der Waals surface area contributed by atoms with Crippen molar-refractivity contribution in [3.05, 3.63) is 29.3 Å². The Hall–Kier alpha value is -1.64. The number of carbonyl (C=O) groups is 2. The van der Waals surface area contributed by atoms with E-state index < -0.39 is 0 Å². The van der Waals surface area contributed by atoms with E-state index in [1.54, 1.807) is 25.1 Å². The zero-order chi connectivity index (χ0) is 10.6. The van der Waals surface area contributed by atoms with Gasteiger partial charge in [0.25, 0.3) is 0 Å². The summed E-state index contributed by atoms with van der Waals surface area (Å²) in [5.41, 5.74) is 1.24. The van der Waals surface area contributed by atoms with Crippen LogP contribution in [0.4, 0.5) is 0 Å². The lowest BCUT2D eigenvalue weighted by molar-refractivity contribution is -0.108. The van der Waals surface area contributed by atoms with Crippen LogP contribution >= 0.6 is 0 Å². The zero-order valence-electron chi connectivity index (χ0n) is 8.19. The Bertz CT molecular complexity index is 344. The van der Waals surface area contributed by atoms with E-state index in [9.17, 15) is 9.59 Å². The minimum absolute atomic E-state index is 0.263. The fourth-order valence-electron chi connectivity index (χ4n) is 1.27. The van der Waals surface area contributed by atoms with Gasteiger partial charge in [-0.2, -0.15) is 0 Å². The van der Waals surface area contributed by atoms with Gasteiger partial charge in [0.2, 0.25) is 0 Å². The number of aldehydes is 2. The highest BCUT2D eigenvalue weighted by molar-refractivity contribution is 5.81. The second-order valence-electron chi connectivity index (χ2n) is 3.04. The second-order valence-corrected chi connectivity index (χ2v) is 3.04. The summed E-state index contributed by atoms with van der Waals surface area (Å²) in [6.45, 7) is 1.75. The fourth-order valence-corrected chi connectivity index (χ4v) is 1.27. The quantitative estimate of drug-likeness (QED) is 0.683. The van der Waals surface area contributed by atoms with Crippen LogP contribution in [0.3, 0.4) is 0 Å². The molecule has 74 valence electrons. The summed E-state index contributed by atoms with van der Waals surface area (Å²) in [4.78, 5) is 21.3. The molecule has 1 unspecified atom stereocenters. The van der Waals surface area contributed by atoms with Gasteiger partial charge in [-0.05, 0) is 17.7 Å². The Morgan fingerprint density at radius 2 is 2.07 bits per heavy atom. The highest BCUT2D eigenvalue weighted by Crippen LogP contribution is 2.21. The van der Waals surface area contributed by atoms with Crippen LogP contribution in [-0.2, 0) is 4.79 Å². The van der Waals surface area contributed by atoms with E-state index in [0.29, 0.717) is 11.3 Å². The maximum atomic E-state index is 10.7. The van der Waals surface area contributed by atoms with Crippen molar-refractivity contribution >= 4 is 12.6 Å². The van der Waals surface area contributed by atoms with Crippen LogP contribution in [0.25, 0.3) is 0 Å². The second kappa shape index (κ2) is 4.56. The maximum Gasteiger partial charge on any atom is 0.150 e. The van der Waals surface area contributed by atoms with E-state index in [1.165, 1.54) is 7.11 Å². The molecule has 0 spiro atoms. The number of benzene rings is 1. The predicted octanol–water partition coefficient (Wildman–Crippen LogP) is 1.81. The van der Waals surface area contributed by atoms with Gasteiger partial charge in [0.15, 0.2) is 0 Å². The van der Waals surface area contributed by atoms with Crippen molar-refractivity contribution in [3.63, 3.8) is 0 Å². The third-order valence-corrected chi connectivity index (χ3v) is 2.12. The third kappa shape index (κ3) is 1.99. The molecule has 0 aliphatic heterocycles. The summed E-state index contributed by atoms with van der Waals surface area (Å²) >= 11 is 0. The van der Waals surface area contributed by atoms with E-state index in [4.69, 9.17) is 4.74 Å². The summed E-state index contributed by atoms with van der Waals surface area (Å²) in [6.07, 6.45) is 1.55. The zero-order valence-corrected chi connectivity index (χ0v) is 8.19. The molecule has 0 amide bonds. The summed E-state index contributed by atoms with van der Waals surface area (Å²) in [6, 6.07) is 5.10. The van der Waals surface area contributed by atoms with Gasteiger partial charge in [0.05, 0.1) is 7.11 Å². The molecule has 0 radical (unpaired) electrons. The minimum Gasteiger partial charge on any atom is -0.497 e. The molecule has 0 bridgehead atoms. The lowest BCUT2D eigenvalue weighted by atomic mass is 9.97. The number of hydrogen-bond acceptors (Lipinski definition) is 3. The average Bonchev–Trinajstić information content (AvgIpc) is 2.27. The first-order chi connectivity index (χ1) is 6.72. The number of hydrogen-bond donors (Lipinski definition) is 0. The monoisotopic (exact) mass is 192 g/mol. The SMILES string of the molecule is COc1ccc(C(C)C=O)c(C=O)c1. The number of ether oxygens (including phenoxy) is 1. The van der Waals surface area contributed by atoms with E-state index in [0.717, 1.165) is 18.1 Å². The van der Waals surface area contributed by atoms with Gasteiger partial charge < -0.3 is 9.53 Å². The Kier molecular flexibility index (Phi) is 3.40. The molecule has 0 aliphatic rings. The molecular formula is C11H12O3. The molecule has 1 rings (SSSR count). The lowest BCUT2D eigenvalue weighted by Crippen LogP contribution is -2.00. The van der Waals surface area contributed by atoms with Crippen molar-refractivity contribution in [3.8, 4) is 5.75 Å². The Labute approximate surface area is 82.7 Å².